The van der Waals surface area contributed by atoms with Crippen LogP contribution in [0.25, 0.3) is 0 Å². The molecule has 0 aliphatic carbocycles. The monoisotopic (exact) mass is 297 g/mol. The van der Waals surface area contributed by atoms with E-state index in [9.17, 15) is 14.4 Å². The Morgan fingerprint density at radius 2 is 2.00 bits per heavy atom. The van der Waals surface area contributed by atoms with Crippen LogP contribution in [0.2, 0.25) is 0 Å². The van der Waals surface area contributed by atoms with Crippen LogP contribution in [0.1, 0.15) is 38.5 Å². The molecule has 0 spiro atoms. The van der Waals surface area contributed by atoms with Crippen molar-refractivity contribution in [1.82, 2.24) is 15.5 Å². The number of nitrogens with zero attached hydrogens (tertiary/aromatic N) is 1. The lowest BCUT2D eigenvalue weighted by atomic mass is 9.92. The molecule has 1 unspecified atom stereocenters. The van der Waals surface area contributed by atoms with Gasteiger partial charge < -0.3 is 20.6 Å². The minimum absolute atomic E-state index is 0.106. The molecule has 2 rings (SSSR count). The Balaban J connectivity index is 1.72. The predicted molar refractivity (Wildman–Crippen MR) is 75.7 cm³/mol. The lowest BCUT2D eigenvalue weighted by molar-refractivity contribution is -0.137. The van der Waals surface area contributed by atoms with Crippen molar-refractivity contribution < 1.29 is 19.5 Å². The van der Waals surface area contributed by atoms with Gasteiger partial charge in [-0.15, -0.1) is 0 Å². The van der Waals surface area contributed by atoms with Crippen molar-refractivity contribution in [3.63, 3.8) is 0 Å². The first-order valence-electron chi connectivity index (χ1n) is 7.61. The van der Waals surface area contributed by atoms with Gasteiger partial charge in [0.1, 0.15) is 6.04 Å². The topological polar surface area (TPSA) is 98.7 Å². The number of nitrogens with one attached hydrogen (secondary N) is 2. The highest BCUT2D eigenvalue weighted by atomic mass is 16.4. The van der Waals surface area contributed by atoms with Gasteiger partial charge in [0.2, 0.25) is 5.91 Å². The van der Waals surface area contributed by atoms with Gasteiger partial charge in [-0.2, -0.15) is 0 Å². The van der Waals surface area contributed by atoms with Gasteiger partial charge in [0.25, 0.3) is 0 Å². The minimum atomic E-state index is -0.765. The SMILES string of the molecule is O=C(O)CCC1CCN(C(=O)NC2CCCNC2=O)CC1. The summed E-state index contributed by atoms with van der Waals surface area (Å²) < 4.78 is 0. The number of piperidine rings is 2. The zero-order valence-electron chi connectivity index (χ0n) is 12.1. The van der Waals surface area contributed by atoms with E-state index in [2.05, 4.69) is 10.6 Å². The van der Waals surface area contributed by atoms with Gasteiger partial charge in [-0.3, -0.25) is 9.59 Å². The third-order valence-electron chi connectivity index (χ3n) is 4.25. The Kier molecular flexibility index (Phi) is 5.41. The van der Waals surface area contributed by atoms with Crippen LogP contribution in [0.15, 0.2) is 0 Å². The molecule has 0 aromatic rings. The first kappa shape index (κ1) is 15.6. The van der Waals surface area contributed by atoms with E-state index in [1.165, 1.54) is 0 Å². The van der Waals surface area contributed by atoms with Crippen LogP contribution in [0, 0.1) is 5.92 Å². The van der Waals surface area contributed by atoms with E-state index in [0.717, 1.165) is 19.3 Å². The summed E-state index contributed by atoms with van der Waals surface area (Å²) in [7, 11) is 0. The fourth-order valence-electron chi connectivity index (χ4n) is 2.90. The molecule has 0 aromatic carbocycles. The number of aliphatic carboxylic acids is 1. The highest BCUT2D eigenvalue weighted by molar-refractivity contribution is 5.87. The predicted octanol–water partition coefficient (Wildman–Crippen LogP) is 0.551. The maximum atomic E-state index is 12.1. The molecule has 1 atom stereocenters. The Morgan fingerprint density at radius 3 is 2.62 bits per heavy atom. The van der Waals surface area contributed by atoms with E-state index >= 15 is 0 Å². The van der Waals surface area contributed by atoms with Gasteiger partial charge in [-0.05, 0) is 38.0 Å². The average molecular weight is 297 g/mol. The second kappa shape index (κ2) is 7.28. The Morgan fingerprint density at radius 1 is 1.29 bits per heavy atom. The molecule has 2 aliphatic heterocycles. The van der Waals surface area contributed by atoms with E-state index in [1.807, 2.05) is 0 Å². The number of carboxylic acid groups (broad SMARTS) is 1. The quantitative estimate of drug-likeness (QED) is 0.705. The number of urea groups is 1. The van der Waals surface area contributed by atoms with Crippen molar-refractivity contribution in [2.75, 3.05) is 19.6 Å². The van der Waals surface area contributed by atoms with E-state index in [1.54, 1.807) is 4.90 Å². The molecular weight excluding hydrogens is 274 g/mol. The van der Waals surface area contributed by atoms with Gasteiger partial charge in [-0.1, -0.05) is 0 Å². The summed E-state index contributed by atoms with van der Waals surface area (Å²) in [6.45, 7) is 1.94. The lowest BCUT2D eigenvalue weighted by Crippen LogP contribution is -2.54. The van der Waals surface area contributed by atoms with Gasteiger partial charge in [-0.25, -0.2) is 4.79 Å². The number of carbonyl (C=O) groups excluding carboxylic acids is 2. The first-order valence-corrected chi connectivity index (χ1v) is 7.61. The van der Waals surface area contributed by atoms with Crippen LogP contribution >= 0.6 is 0 Å². The largest absolute Gasteiger partial charge is 0.481 e. The van der Waals surface area contributed by atoms with Crippen molar-refractivity contribution in [3.8, 4) is 0 Å². The third-order valence-corrected chi connectivity index (χ3v) is 4.25. The molecule has 0 aromatic heterocycles. The van der Waals surface area contributed by atoms with E-state index in [0.29, 0.717) is 38.4 Å². The van der Waals surface area contributed by atoms with Gasteiger partial charge >= 0.3 is 12.0 Å². The molecule has 7 nitrogen and oxygen atoms in total. The Bertz CT molecular complexity index is 405. The van der Waals surface area contributed by atoms with Crippen molar-refractivity contribution in [2.45, 2.75) is 44.6 Å². The molecule has 3 N–H and O–H groups in total. The van der Waals surface area contributed by atoms with Gasteiger partial charge in [0.05, 0.1) is 0 Å². The van der Waals surface area contributed by atoms with Crippen LogP contribution in [-0.4, -0.2) is 53.6 Å². The van der Waals surface area contributed by atoms with Crippen LogP contribution in [0.4, 0.5) is 4.79 Å². The zero-order valence-corrected chi connectivity index (χ0v) is 12.1. The fourth-order valence-corrected chi connectivity index (χ4v) is 2.90. The summed E-state index contributed by atoms with van der Waals surface area (Å²) >= 11 is 0. The molecule has 21 heavy (non-hydrogen) atoms. The summed E-state index contributed by atoms with van der Waals surface area (Å²) in [5.41, 5.74) is 0. The molecule has 3 amide bonds. The molecule has 2 saturated heterocycles. The molecule has 2 fully saturated rings. The highest BCUT2D eigenvalue weighted by Crippen LogP contribution is 2.22. The molecule has 0 saturated carbocycles. The maximum absolute atomic E-state index is 12.1. The van der Waals surface area contributed by atoms with E-state index in [4.69, 9.17) is 5.11 Å². The molecule has 118 valence electrons. The Hall–Kier alpha value is -1.79. The van der Waals surface area contributed by atoms with Crippen LogP contribution in [-0.2, 0) is 9.59 Å². The smallest absolute Gasteiger partial charge is 0.318 e. The van der Waals surface area contributed by atoms with E-state index in [-0.39, 0.29) is 18.4 Å². The van der Waals surface area contributed by atoms with Gasteiger partial charge in [0, 0.05) is 26.1 Å². The zero-order chi connectivity index (χ0) is 15.2. The van der Waals surface area contributed by atoms with Crippen molar-refractivity contribution in [2.24, 2.45) is 5.92 Å². The maximum Gasteiger partial charge on any atom is 0.318 e. The van der Waals surface area contributed by atoms with Crippen molar-refractivity contribution in [1.29, 1.82) is 0 Å². The second-order valence-electron chi connectivity index (χ2n) is 5.80. The number of likely N-dealkylation sites (tertiary alicyclic amines) is 1. The normalized spacial score (nSPS) is 23.5. The number of rotatable bonds is 4. The molecule has 2 aliphatic rings. The summed E-state index contributed by atoms with van der Waals surface area (Å²) in [5.74, 6) is -0.493. The summed E-state index contributed by atoms with van der Waals surface area (Å²) in [4.78, 5) is 36.0. The van der Waals surface area contributed by atoms with Crippen LogP contribution in [0.3, 0.4) is 0 Å². The third kappa shape index (κ3) is 4.61. The molecule has 0 bridgehead atoms. The van der Waals surface area contributed by atoms with Crippen molar-refractivity contribution in [3.05, 3.63) is 0 Å². The van der Waals surface area contributed by atoms with E-state index < -0.39 is 12.0 Å². The number of hydrogen-bond acceptors (Lipinski definition) is 3. The highest BCUT2D eigenvalue weighted by Gasteiger charge is 2.28. The Labute approximate surface area is 124 Å². The lowest BCUT2D eigenvalue weighted by Gasteiger charge is -2.33. The molecular formula is C14H23N3O4. The number of carbonyl (C=O) groups is 3. The minimum Gasteiger partial charge on any atom is -0.481 e. The summed E-state index contributed by atoms with van der Waals surface area (Å²) in [6.07, 6.45) is 4.10. The first-order chi connectivity index (χ1) is 10.1. The van der Waals surface area contributed by atoms with Crippen LogP contribution in [0.5, 0.6) is 0 Å². The van der Waals surface area contributed by atoms with Crippen molar-refractivity contribution >= 4 is 17.9 Å². The number of amides is 3. The van der Waals surface area contributed by atoms with Crippen LogP contribution < -0.4 is 10.6 Å². The molecule has 0 radical (unpaired) electrons. The molecule has 2 heterocycles. The second-order valence-corrected chi connectivity index (χ2v) is 5.80. The number of hydrogen-bond donors (Lipinski definition) is 3. The summed E-state index contributed by atoms with van der Waals surface area (Å²) in [5, 5.41) is 14.2. The molecule has 7 heteroatoms. The standard InChI is InChI=1S/C14H23N3O4/c18-12(19)4-3-10-5-8-17(9-6-10)14(21)16-11-2-1-7-15-13(11)20/h10-11H,1-9H2,(H,15,20)(H,16,21)(H,18,19). The summed E-state index contributed by atoms with van der Waals surface area (Å²) in [6, 6.07) is -0.607. The fraction of sp³-hybridized carbons (Fsp3) is 0.786. The van der Waals surface area contributed by atoms with Gasteiger partial charge in [0.15, 0.2) is 0 Å². The average Bonchev–Trinajstić information content (AvgIpc) is 2.48. The number of carboxylic acids is 1.